The van der Waals surface area contributed by atoms with Crippen LogP contribution in [0, 0.1) is 13.8 Å². The zero-order valence-electron chi connectivity index (χ0n) is 18.2. The van der Waals surface area contributed by atoms with Gasteiger partial charge in [0.25, 0.3) is 15.2 Å². The normalized spacial score (nSPS) is 11.9. The molecule has 9 heteroatoms. The van der Waals surface area contributed by atoms with E-state index in [9.17, 15) is 13.5 Å². The lowest BCUT2D eigenvalue weighted by Crippen LogP contribution is -2.18. The summed E-state index contributed by atoms with van der Waals surface area (Å²) in [6, 6.07) is 14.7. The maximum atomic E-state index is 12.5. The quantitative estimate of drug-likeness (QED) is 0.229. The first-order chi connectivity index (χ1) is 15.3. The maximum absolute atomic E-state index is 12.5. The van der Waals surface area contributed by atoms with Crippen molar-refractivity contribution in [1.29, 1.82) is 0 Å². The molecule has 1 aromatic heterocycles. The predicted octanol–water partition coefficient (Wildman–Crippen LogP) is 3.51. The SMILES string of the molecule is CCCCOc1ccc(C([O-])=Nc2ccc(NS(=O)(=O)c3nc(C)cc(C)n3)cc2)cc1. The van der Waals surface area contributed by atoms with Gasteiger partial charge in [-0.05, 0) is 74.2 Å². The molecule has 168 valence electrons. The third-order valence-electron chi connectivity index (χ3n) is 4.42. The Hall–Kier alpha value is -3.46. The molecule has 0 bridgehead atoms. The minimum Gasteiger partial charge on any atom is -0.858 e. The molecule has 0 amide bonds. The van der Waals surface area contributed by atoms with Gasteiger partial charge in [-0.15, -0.1) is 0 Å². The van der Waals surface area contributed by atoms with E-state index in [0.29, 0.717) is 40.7 Å². The second-order valence-corrected chi connectivity index (χ2v) is 8.81. The van der Waals surface area contributed by atoms with Crippen molar-refractivity contribution < 1.29 is 18.3 Å². The molecule has 0 radical (unpaired) electrons. The van der Waals surface area contributed by atoms with E-state index < -0.39 is 15.9 Å². The van der Waals surface area contributed by atoms with E-state index in [1.165, 1.54) is 12.1 Å². The zero-order valence-corrected chi connectivity index (χ0v) is 19.0. The lowest BCUT2D eigenvalue weighted by molar-refractivity contribution is -0.212. The molecular weight excluding hydrogens is 428 g/mol. The lowest BCUT2D eigenvalue weighted by Gasteiger charge is -2.12. The van der Waals surface area contributed by atoms with Crippen LogP contribution >= 0.6 is 0 Å². The van der Waals surface area contributed by atoms with Gasteiger partial charge in [0.15, 0.2) is 0 Å². The Morgan fingerprint density at radius 1 is 1.03 bits per heavy atom. The molecule has 0 aliphatic carbocycles. The topological polar surface area (TPSA) is 117 Å². The summed E-state index contributed by atoms with van der Waals surface area (Å²) in [5.41, 5.74) is 2.28. The average Bonchev–Trinajstić information content (AvgIpc) is 2.75. The highest BCUT2D eigenvalue weighted by atomic mass is 32.2. The van der Waals surface area contributed by atoms with E-state index in [0.717, 1.165) is 12.8 Å². The molecule has 0 aliphatic heterocycles. The fourth-order valence-corrected chi connectivity index (χ4v) is 3.89. The van der Waals surface area contributed by atoms with Crippen molar-refractivity contribution in [3.05, 3.63) is 71.5 Å². The Bertz CT molecular complexity index is 1170. The summed E-state index contributed by atoms with van der Waals surface area (Å²) in [4.78, 5) is 12.0. The molecule has 8 nitrogen and oxygen atoms in total. The van der Waals surface area contributed by atoms with Crippen LogP contribution < -0.4 is 14.6 Å². The molecule has 3 aromatic rings. The minimum absolute atomic E-state index is 0.291. The summed E-state index contributed by atoms with van der Waals surface area (Å²) in [7, 11) is -3.93. The van der Waals surface area contributed by atoms with Crippen LogP contribution in [0.1, 0.15) is 36.7 Å². The molecule has 0 saturated carbocycles. The van der Waals surface area contributed by atoms with Crippen LogP contribution in [0.15, 0.2) is 64.7 Å². The molecular formula is C23H25N4O4S-. The second-order valence-electron chi connectivity index (χ2n) is 7.23. The van der Waals surface area contributed by atoms with E-state index in [1.807, 2.05) is 0 Å². The Labute approximate surface area is 188 Å². The Morgan fingerprint density at radius 2 is 1.66 bits per heavy atom. The molecule has 0 unspecified atom stereocenters. The summed E-state index contributed by atoms with van der Waals surface area (Å²) in [5, 5.41) is 12.1. The number of sulfonamides is 1. The van der Waals surface area contributed by atoms with Gasteiger partial charge in [0.05, 0.1) is 12.3 Å². The summed E-state index contributed by atoms with van der Waals surface area (Å²) < 4.78 is 33.1. The van der Waals surface area contributed by atoms with Gasteiger partial charge in [-0.25, -0.2) is 9.97 Å². The molecule has 0 atom stereocenters. The monoisotopic (exact) mass is 453 g/mol. The number of hydrogen-bond acceptors (Lipinski definition) is 7. The number of rotatable bonds is 9. The fourth-order valence-electron chi connectivity index (χ4n) is 2.83. The van der Waals surface area contributed by atoms with Gasteiger partial charge in [0, 0.05) is 17.1 Å². The molecule has 2 aromatic carbocycles. The summed E-state index contributed by atoms with van der Waals surface area (Å²) >= 11 is 0. The van der Waals surface area contributed by atoms with Gasteiger partial charge in [-0.1, -0.05) is 25.5 Å². The number of nitrogens with one attached hydrogen (secondary N) is 1. The number of ether oxygens (including phenoxy) is 1. The van der Waals surface area contributed by atoms with Crippen LogP contribution in [0.5, 0.6) is 5.75 Å². The van der Waals surface area contributed by atoms with Gasteiger partial charge in [-0.2, -0.15) is 8.42 Å². The van der Waals surface area contributed by atoms with Crippen molar-refractivity contribution in [3.8, 4) is 5.75 Å². The largest absolute Gasteiger partial charge is 0.858 e. The maximum Gasteiger partial charge on any atom is 0.297 e. The van der Waals surface area contributed by atoms with Crippen LogP contribution in [0.3, 0.4) is 0 Å². The number of aryl methyl sites for hydroxylation is 2. The summed E-state index contributed by atoms with van der Waals surface area (Å²) in [6.45, 7) is 6.13. The number of hydrogen-bond donors (Lipinski definition) is 1. The predicted molar refractivity (Wildman–Crippen MR) is 122 cm³/mol. The molecule has 32 heavy (non-hydrogen) atoms. The molecule has 1 heterocycles. The van der Waals surface area contributed by atoms with Crippen molar-refractivity contribution in [3.63, 3.8) is 0 Å². The molecule has 1 N–H and O–H groups in total. The molecule has 0 saturated heterocycles. The van der Waals surface area contributed by atoms with Gasteiger partial charge in [0.1, 0.15) is 5.75 Å². The van der Waals surface area contributed by atoms with Crippen LogP contribution in [-0.4, -0.2) is 30.9 Å². The Kier molecular flexibility index (Phi) is 7.42. The van der Waals surface area contributed by atoms with Crippen LogP contribution in [0.2, 0.25) is 0 Å². The van der Waals surface area contributed by atoms with Crippen molar-refractivity contribution >= 4 is 27.3 Å². The number of aliphatic imine (C=N–C) groups is 1. The smallest absolute Gasteiger partial charge is 0.297 e. The molecule has 0 fully saturated rings. The second kappa shape index (κ2) is 10.2. The van der Waals surface area contributed by atoms with Crippen molar-refractivity contribution in [2.24, 2.45) is 4.99 Å². The number of nitrogens with zero attached hydrogens (tertiary/aromatic N) is 3. The van der Waals surface area contributed by atoms with Crippen LogP contribution in [0.25, 0.3) is 0 Å². The zero-order chi connectivity index (χ0) is 23.1. The number of aromatic nitrogens is 2. The van der Waals surface area contributed by atoms with Gasteiger partial charge >= 0.3 is 0 Å². The molecule has 0 spiro atoms. The van der Waals surface area contributed by atoms with Crippen molar-refractivity contribution in [2.75, 3.05) is 11.3 Å². The lowest BCUT2D eigenvalue weighted by atomic mass is 10.2. The fraction of sp³-hybridized carbons (Fsp3) is 0.261. The number of benzene rings is 2. The summed E-state index contributed by atoms with van der Waals surface area (Å²) in [5.74, 6) is 0.307. The molecule has 3 rings (SSSR count). The third kappa shape index (κ3) is 6.27. The first-order valence-corrected chi connectivity index (χ1v) is 11.7. The minimum atomic E-state index is -3.93. The van der Waals surface area contributed by atoms with Crippen molar-refractivity contribution in [1.82, 2.24) is 9.97 Å². The molecule has 0 aliphatic rings. The Balaban J connectivity index is 1.69. The van der Waals surface area contributed by atoms with Gasteiger partial charge in [-0.3, -0.25) is 9.71 Å². The average molecular weight is 454 g/mol. The number of anilines is 1. The van der Waals surface area contributed by atoms with Gasteiger partial charge in [0.2, 0.25) is 0 Å². The highest BCUT2D eigenvalue weighted by Crippen LogP contribution is 2.20. The van der Waals surface area contributed by atoms with E-state index in [-0.39, 0.29) is 5.16 Å². The first-order valence-electron chi connectivity index (χ1n) is 10.2. The highest BCUT2D eigenvalue weighted by Gasteiger charge is 2.18. The number of unbranched alkanes of at least 4 members (excludes halogenated alkanes) is 1. The van der Waals surface area contributed by atoms with E-state index >= 15 is 0 Å². The van der Waals surface area contributed by atoms with Crippen LogP contribution in [-0.2, 0) is 10.0 Å². The first kappa shape index (κ1) is 23.2. The highest BCUT2D eigenvalue weighted by molar-refractivity contribution is 7.92. The van der Waals surface area contributed by atoms with E-state index in [4.69, 9.17) is 4.74 Å². The van der Waals surface area contributed by atoms with Crippen molar-refractivity contribution in [2.45, 2.75) is 38.8 Å². The standard InChI is InChI=1S/C23H26N4O4S/c1-4-5-14-31-21-12-6-18(7-13-21)22(28)26-19-8-10-20(11-9-19)27-32(29,30)23-24-16(2)15-17(3)25-23/h6-13,15,27H,4-5,14H2,1-3H3,(H,26,28)/p-1. The van der Waals surface area contributed by atoms with E-state index in [2.05, 4.69) is 26.6 Å². The third-order valence-corrected chi connectivity index (χ3v) is 5.59. The summed E-state index contributed by atoms with van der Waals surface area (Å²) in [6.07, 6.45) is 2.02. The van der Waals surface area contributed by atoms with E-state index in [1.54, 1.807) is 56.3 Å². The van der Waals surface area contributed by atoms with Gasteiger partial charge < -0.3 is 9.84 Å². The Morgan fingerprint density at radius 3 is 2.25 bits per heavy atom. The van der Waals surface area contributed by atoms with Crippen LogP contribution in [0.4, 0.5) is 11.4 Å².